The molecule has 0 amide bonds. The third kappa shape index (κ3) is 15.7. The molecule has 0 aromatic heterocycles. The minimum atomic E-state index is -1.70. The van der Waals surface area contributed by atoms with Crippen LogP contribution in [0.15, 0.2) is 53.8 Å². The maximum Gasteiger partial charge on any atom is 0.337 e. The monoisotopic (exact) mass is 804 g/mol. The molecule has 0 unspecified atom stereocenters. The van der Waals surface area contributed by atoms with E-state index in [9.17, 15) is 39.9 Å². The molecule has 1 saturated heterocycles. The minimum absolute atomic E-state index is 0.00192. The Balaban J connectivity index is 1.51. The number of carbonyl (C=O) groups excluding carboxylic acids is 3. The van der Waals surface area contributed by atoms with Crippen LogP contribution in [0.3, 0.4) is 0 Å². The molecule has 320 valence electrons. The van der Waals surface area contributed by atoms with E-state index in [0.29, 0.717) is 17.6 Å². The molecule has 7 atom stereocenters. The number of phenols is 2. The van der Waals surface area contributed by atoms with Crippen molar-refractivity contribution in [3.8, 4) is 11.5 Å². The number of aliphatic hydroxyl groups excluding tert-OH is 3. The van der Waals surface area contributed by atoms with Gasteiger partial charge in [0, 0.05) is 24.3 Å². The number of esters is 3. The minimum Gasteiger partial charge on any atom is -0.504 e. The van der Waals surface area contributed by atoms with Crippen LogP contribution in [0, 0.1) is 5.92 Å². The van der Waals surface area contributed by atoms with Gasteiger partial charge in [-0.3, -0.25) is 9.59 Å². The van der Waals surface area contributed by atoms with Crippen molar-refractivity contribution in [2.24, 2.45) is 5.92 Å². The maximum atomic E-state index is 13.0. The number of unbranched alkanes of at least 4 members (excludes halogenated alkanes) is 11. The summed E-state index contributed by atoms with van der Waals surface area (Å²) in [6, 6.07) is 4.25. The highest BCUT2D eigenvalue weighted by Gasteiger charge is 2.49. The van der Waals surface area contributed by atoms with Crippen molar-refractivity contribution in [2.45, 2.75) is 154 Å². The molecular weight excluding hydrogens is 740 g/mol. The van der Waals surface area contributed by atoms with Crippen LogP contribution in [-0.2, 0) is 49.2 Å². The molecule has 3 rings (SSSR count). The number of allylic oxidation sites excluding steroid dienone is 3. The number of aromatic hydroxyl groups is 2. The second kappa shape index (κ2) is 26.1. The molecular formula is C43H64O14. The Morgan fingerprint density at radius 1 is 0.860 bits per heavy atom. The van der Waals surface area contributed by atoms with Gasteiger partial charge in [0.25, 0.3) is 0 Å². The standard InChI is InChI=1S/C43H64O14/c1-4-6-7-8-9-10-11-12-13-14-15-16-17-18-19-20-36(47)56-40-38(49)35(27-44)55-43(39(40)50)57-42-30(5-2)31(32(28-54-42)41(51)52-3)26-37(48)53-24-23-29-21-22-33(45)34(46)25-29/h5,12-13,21-22,25,28,31,35,38-40,42-46,49-50H,4,6-11,14-20,23-24,26-27H2,1-3H3/b13-12-,30-5-/t31-,35+,38+,39+,40-,42-,43-/m0/s1. The summed E-state index contributed by atoms with van der Waals surface area (Å²) in [5.74, 6) is -3.58. The SMILES string of the molecule is C/C=C1\[C@H](O[C@@H]2O[C@H](CO)[C@@H](O)[C@H](OC(=O)CCCCCCC/C=C\CCCCCCCC)[C@H]2O)OC=C(C(=O)OC)[C@H]1CC(=O)OCCc1ccc(O)c(O)c1. The molecule has 2 aliphatic heterocycles. The molecule has 0 radical (unpaired) electrons. The van der Waals surface area contributed by atoms with Gasteiger partial charge in [-0.15, -0.1) is 0 Å². The van der Waals surface area contributed by atoms with Gasteiger partial charge in [0.2, 0.25) is 6.29 Å². The summed E-state index contributed by atoms with van der Waals surface area (Å²) >= 11 is 0. The molecule has 2 aliphatic rings. The van der Waals surface area contributed by atoms with Gasteiger partial charge in [0.05, 0.1) is 38.6 Å². The number of hydrogen-bond donors (Lipinski definition) is 5. The fourth-order valence-electron chi connectivity index (χ4n) is 6.83. The van der Waals surface area contributed by atoms with Crippen LogP contribution in [0.5, 0.6) is 11.5 Å². The molecule has 5 N–H and O–H groups in total. The summed E-state index contributed by atoms with van der Waals surface area (Å²) in [6.45, 7) is 3.12. The zero-order valence-corrected chi connectivity index (χ0v) is 33.7. The van der Waals surface area contributed by atoms with E-state index in [2.05, 4.69) is 19.1 Å². The van der Waals surface area contributed by atoms with E-state index in [-0.39, 0.29) is 42.9 Å². The first-order valence-electron chi connectivity index (χ1n) is 20.4. The Labute approximate surface area is 336 Å². The average molecular weight is 805 g/mol. The Kier molecular flexibility index (Phi) is 21.7. The van der Waals surface area contributed by atoms with Crippen LogP contribution in [0.2, 0.25) is 0 Å². The quantitative estimate of drug-likeness (QED) is 0.0255. The van der Waals surface area contributed by atoms with Crippen LogP contribution in [-0.4, -0.2) is 101 Å². The fraction of sp³-hybridized carbons (Fsp3) is 0.651. The molecule has 2 heterocycles. The summed E-state index contributed by atoms with van der Waals surface area (Å²) in [5, 5.41) is 51.3. The van der Waals surface area contributed by atoms with E-state index in [1.165, 1.54) is 57.8 Å². The second-order valence-corrected chi connectivity index (χ2v) is 14.5. The predicted molar refractivity (Wildman–Crippen MR) is 209 cm³/mol. The van der Waals surface area contributed by atoms with Gasteiger partial charge in [-0.25, -0.2) is 4.79 Å². The molecule has 1 fully saturated rings. The predicted octanol–water partition coefficient (Wildman–Crippen LogP) is 5.95. The lowest BCUT2D eigenvalue weighted by Crippen LogP contribution is -2.61. The molecule has 1 aromatic rings. The lowest BCUT2D eigenvalue weighted by molar-refractivity contribution is -0.329. The van der Waals surface area contributed by atoms with E-state index in [4.69, 9.17) is 28.4 Å². The first-order valence-corrected chi connectivity index (χ1v) is 20.4. The number of phenolic OH excluding ortho intramolecular Hbond substituents is 2. The number of methoxy groups -OCH3 is 1. The average Bonchev–Trinajstić information content (AvgIpc) is 3.20. The van der Waals surface area contributed by atoms with Crippen molar-refractivity contribution in [3.05, 3.63) is 59.4 Å². The van der Waals surface area contributed by atoms with Gasteiger partial charge in [-0.2, -0.15) is 0 Å². The van der Waals surface area contributed by atoms with Crippen molar-refractivity contribution in [3.63, 3.8) is 0 Å². The van der Waals surface area contributed by atoms with E-state index >= 15 is 0 Å². The summed E-state index contributed by atoms with van der Waals surface area (Å²) in [4.78, 5) is 38.5. The van der Waals surface area contributed by atoms with Crippen LogP contribution in [0.25, 0.3) is 0 Å². The molecule has 0 spiro atoms. The first-order chi connectivity index (χ1) is 27.5. The number of carbonyl (C=O) groups is 3. The topological polar surface area (TPSA) is 208 Å². The highest BCUT2D eigenvalue weighted by molar-refractivity contribution is 5.90. The molecule has 0 bridgehead atoms. The first kappa shape index (κ1) is 47.4. The molecule has 0 aliphatic carbocycles. The van der Waals surface area contributed by atoms with E-state index < -0.39 is 67.4 Å². The van der Waals surface area contributed by atoms with Gasteiger partial charge in [-0.1, -0.05) is 82.6 Å². The van der Waals surface area contributed by atoms with Gasteiger partial charge in [0.1, 0.15) is 18.3 Å². The Morgan fingerprint density at radius 2 is 1.53 bits per heavy atom. The largest absolute Gasteiger partial charge is 0.504 e. The Hall–Kier alpha value is -3.95. The highest BCUT2D eigenvalue weighted by Crippen LogP contribution is 2.37. The summed E-state index contributed by atoms with van der Waals surface area (Å²) in [7, 11) is 1.18. The smallest absolute Gasteiger partial charge is 0.337 e. The molecule has 1 aromatic carbocycles. The zero-order chi connectivity index (χ0) is 41.6. The number of hydrogen-bond acceptors (Lipinski definition) is 14. The van der Waals surface area contributed by atoms with Crippen molar-refractivity contribution < 1.29 is 68.3 Å². The summed E-state index contributed by atoms with van der Waals surface area (Å²) < 4.78 is 33.2. The maximum absolute atomic E-state index is 13.0. The van der Waals surface area contributed by atoms with E-state index in [1.54, 1.807) is 19.1 Å². The van der Waals surface area contributed by atoms with Gasteiger partial charge >= 0.3 is 17.9 Å². The van der Waals surface area contributed by atoms with Crippen LogP contribution in [0.4, 0.5) is 0 Å². The van der Waals surface area contributed by atoms with Crippen molar-refractivity contribution in [1.29, 1.82) is 0 Å². The van der Waals surface area contributed by atoms with Crippen LogP contribution >= 0.6 is 0 Å². The summed E-state index contributed by atoms with van der Waals surface area (Å²) in [5.41, 5.74) is 0.909. The third-order valence-corrected chi connectivity index (χ3v) is 10.2. The molecule has 0 saturated carbocycles. The normalized spacial score (nSPS) is 24.2. The fourth-order valence-corrected chi connectivity index (χ4v) is 6.83. The van der Waals surface area contributed by atoms with Crippen molar-refractivity contribution in [1.82, 2.24) is 0 Å². The van der Waals surface area contributed by atoms with E-state index in [0.717, 1.165) is 44.8 Å². The van der Waals surface area contributed by atoms with Crippen molar-refractivity contribution >= 4 is 17.9 Å². The molecule has 57 heavy (non-hydrogen) atoms. The van der Waals surface area contributed by atoms with Gasteiger partial charge in [-0.05, 0) is 56.7 Å². The Morgan fingerprint density at radius 3 is 2.16 bits per heavy atom. The molecule has 14 nitrogen and oxygen atoms in total. The van der Waals surface area contributed by atoms with Gasteiger partial charge < -0.3 is 54.0 Å². The second-order valence-electron chi connectivity index (χ2n) is 14.5. The lowest BCUT2D eigenvalue weighted by atomic mass is 9.86. The van der Waals surface area contributed by atoms with Crippen LogP contribution in [0.1, 0.15) is 116 Å². The Bertz CT molecular complexity index is 1470. The third-order valence-electron chi connectivity index (χ3n) is 10.2. The number of rotatable bonds is 25. The number of benzene rings is 1. The number of aliphatic hydroxyl groups is 3. The van der Waals surface area contributed by atoms with E-state index in [1.807, 2.05) is 0 Å². The number of ether oxygens (including phenoxy) is 6. The highest BCUT2D eigenvalue weighted by atomic mass is 16.8. The summed E-state index contributed by atoms with van der Waals surface area (Å²) in [6.07, 6.45) is 12.7. The zero-order valence-electron chi connectivity index (χ0n) is 33.7. The molecule has 14 heteroatoms. The lowest BCUT2D eigenvalue weighted by Gasteiger charge is -2.43. The van der Waals surface area contributed by atoms with Crippen LogP contribution < -0.4 is 0 Å². The van der Waals surface area contributed by atoms with Crippen molar-refractivity contribution in [2.75, 3.05) is 20.3 Å². The van der Waals surface area contributed by atoms with Gasteiger partial charge in [0.15, 0.2) is 23.9 Å².